The van der Waals surface area contributed by atoms with Crippen LogP contribution in [-0.4, -0.2) is 41.9 Å². The Hall–Kier alpha value is -2.62. The minimum Gasteiger partial charge on any atom is -0.371 e. The molecule has 1 aliphatic heterocycles. The average Bonchev–Trinajstić information content (AvgIpc) is 2.59. The highest BCUT2D eigenvalue weighted by molar-refractivity contribution is 6.00. The number of nitrogens with zero attached hydrogens (tertiary/aromatic N) is 4. The molecule has 0 saturated carbocycles. The van der Waals surface area contributed by atoms with Gasteiger partial charge in [-0.15, -0.1) is 0 Å². The van der Waals surface area contributed by atoms with E-state index in [1.165, 1.54) is 17.0 Å². The zero-order valence-electron chi connectivity index (χ0n) is 13.2. The molecule has 0 atom stereocenters. The van der Waals surface area contributed by atoms with Gasteiger partial charge in [-0.25, -0.2) is 0 Å². The van der Waals surface area contributed by atoms with Gasteiger partial charge in [0, 0.05) is 31.8 Å². The lowest BCUT2D eigenvalue weighted by Gasteiger charge is -2.31. The number of rotatable bonds is 5. The van der Waals surface area contributed by atoms with Gasteiger partial charge in [-0.2, -0.15) is 5.26 Å². The number of anilines is 1. The second-order valence-electron chi connectivity index (χ2n) is 5.48. The quantitative estimate of drug-likeness (QED) is 0.473. The molecule has 1 heterocycles. The van der Waals surface area contributed by atoms with E-state index in [0.717, 1.165) is 38.0 Å². The summed E-state index contributed by atoms with van der Waals surface area (Å²) in [6, 6.07) is 6.37. The van der Waals surface area contributed by atoms with Gasteiger partial charge in [0.25, 0.3) is 11.6 Å². The number of piperidine rings is 1. The maximum atomic E-state index is 12.7. The zero-order chi connectivity index (χ0) is 16.8. The third-order valence-corrected chi connectivity index (χ3v) is 4.05. The highest BCUT2D eigenvalue weighted by atomic mass is 16.6. The number of hydrogen-bond acceptors (Lipinski definition) is 5. The predicted molar refractivity (Wildman–Crippen MR) is 86.4 cm³/mol. The number of hydrogen-bond donors (Lipinski definition) is 0. The first-order valence-corrected chi connectivity index (χ1v) is 7.78. The van der Waals surface area contributed by atoms with E-state index in [-0.39, 0.29) is 18.1 Å². The molecule has 0 spiro atoms. The van der Waals surface area contributed by atoms with Gasteiger partial charge < -0.3 is 9.80 Å². The lowest BCUT2D eigenvalue weighted by atomic mass is 10.1. The first-order chi connectivity index (χ1) is 11.1. The Kier molecular flexibility index (Phi) is 5.52. The van der Waals surface area contributed by atoms with Crippen LogP contribution in [0.15, 0.2) is 18.2 Å². The van der Waals surface area contributed by atoms with Gasteiger partial charge in [0.2, 0.25) is 0 Å². The lowest BCUT2D eigenvalue weighted by molar-refractivity contribution is -0.384. The van der Waals surface area contributed by atoms with Gasteiger partial charge in [-0.1, -0.05) is 0 Å². The van der Waals surface area contributed by atoms with Crippen molar-refractivity contribution >= 4 is 17.3 Å². The van der Waals surface area contributed by atoms with E-state index in [0.29, 0.717) is 12.1 Å². The summed E-state index contributed by atoms with van der Waals surface area (Å²) in [7, 11) is 0. The molecular formula is C16H20N4O3. The van der Waals surface area contributed by atoms with Gasteiger partial charge in [0.05, 0.1) is 22.2 Å². The van der Waals surface area contributed by atoms with Gasteiger partial charge in [-0.05, 0) is 32.3 Å². The average molecular weight is 316 g/mol. The van der Waals surface area contributed by atoms with Crippen molar-refractivity contribution in [3.63, 3.8) is 0 Å². The second kappa shape index (κ2) is 7.58. The first-order valence-electron chi connectivity index (χ1n) is 7.78. The van der Waals surface area contributed by atoms with Gasteiger partial charge in [0.1, 0.15) is 6.54 Å². The monoisotopic (exact) mass is 316 g/mol. The van der Waals surface area contributed by atoms with Crippen molar-refractivity contribution in [2.75, 3.05) is 31.1 Å². The van der Waals surface area contributed by atoms with E-state index in [4.69, 9.17) is 5.26 Å². The Morgan fingerprint density at radius 1 is 1.39 bits per heavy atom. The Morgan fingerprint density at radius 2 is 2.09 bits per heavy atom. The molecule has 0 radical (unpaired) electrons. The summed E-state index contributed by atoms with van der Waals surface area (Å²) in [5.41, 5.74) is 0.914. The normalized spacial score (nSPS) is 14.2. The van der Waals surface area contributed by atoms with Gasteiger partial charge in [0.15, 0.2) is 0 Å². The standard InChI is InChI=1S/C16H20N4O3/c1-2-18(11-8-17)16(21)14-12-13(20(22)23)6-7-15(14)19-9-4-3-5-10-19/h6-7,12H,2-5,9-11H2,1H3. The molecule has 1 fully saturated rings. The van der Waals surface area contributed by atoms with Crippen molar-refractivity contribution in [1.29, 1.82) is 5.26 Å². The van der Waals surface area contributed by atoms with Crippen LogP contribution in [0.5, 0.6) is 0 Å². The molecule has 0 aromatic heterocycles. The molecule has 7 nitrogen and oxygen atoms in total. The van der Waals surface area contributed by atoms with E-state index in [9.17, 15) is 14.9 Å². The highest BCUT2D eigenvalue weighted by Crippen LogP contribution is 2.29. The Bertz CT molecular complexity index is 633. The predicted octanol–water partition coefficient (Wildman–Crippen LogP) is 2.57. The molecular weight excluding hydrogens is 296 g/mol. The summed E-state index contributed by atoms with van der Waals surface area (Å²) < 4.78 is 0. The number of amides is 1. The molecule has 23 heavy (non-hydrogen) atoms. The van der Waals surface area contributed by atoms with E-state index >= 15 is 0 Å². The fraction of sp³-hybridized carbons (Fsp3) is 0.500. The smallest absolute Gasteiger partial charge is 0.270 e. The Morgan fingerprint density at radius 3 is 2.65 bits per heavy atom. The highest BCUT2D eigenvalue weighted by Gasteiger charge is 2.24. The number of nitro groups is 1. The van der Waals surface area contributed by atoms with E-state index in [1.54, 1.807) is 13.0 Å². The molecule has 2 rings (SSSR count). The summed E-state index contributed by atoms with van der Waals surface area (Å²) in [5.74, 6) is -0.335. The van der Waals surface area contributed by atoms with Crippen LogP contribution in [0.4, 0.5) is 11.4 Å². The summed E-state index contributed by atoms with van der Waals surface area (Å²) >= 11 is 0. The summed E-state index contributed by atoms with van der Waals surface area (Å²) in [5, 5.41) is 19.9. The topological polar surface area (TPSA) is 90.5 Å². The van der Waals surface area contributed by atoms with Crippen molar-refractivity contribution in [3.05, 3.63) is 33.9 Å². The van der Waals surface area contributed by atoms with Crippen molar-refractivity contribution in [1.82, 2.24) is 4.90 Å². The Balaban J connectivity index is 2.43. The molecule has 1 saturated heterocycles. The van der Waals surface area contributed by atoms with Crippen LogP contribution in [0.25, 0.3) is 0 Å². The minimum absolute atomic E-state index is 0.0303. The molecule has 0 bridgehead atoms. The SMILES string of the molecule is CCN(CC#N)C(=O)c1cc([N+](=O)[O-])ccc1N1CCCCC1. The molecule has 1 aromatic rings. The van der Waals surface area contributed by atoms with Crippen molar-refractivity contribution in [2.24, 2.45) is 0 Å². The minimum atomic E-state index is -0.503. The maximum absolute atomic E-state index is 12.7. The third kappa shape index (κ3) is 3.77. The molecule has 0 unspecified atom stereocenters. The molecule has 0 N–H and O–H groups in total. The van der Waals surface area contributed by atoms with Crippen LogP contribution < -0.4 is 4.90 Å². The fourth-order valence-corrected chi connectivity index (χ4v) is 2.80. The van der Waals surface area contributed by atoms with Gasteiger partial charge >= 0.3 is 0 Å². The molecule has 1 amide bonds. The van der Waals surface area contributed by atoms with Crippen LogP contribution in [0.2, 0.25) is 0 Å². The van der Waals surface area contributed by atoms with Crippen LogP contribution in [0.3, 0.4) is 0 Å². The number of nitriles is 1. The molecule has 1 aliphatic rings. The summed E-state index contributed by atoms with van der Waals surface area (Å²) in [4.78, 5) is 26.8. The number of nitro benzene ring substituents is 1. The first kappa shape index (κ1) is 16.7. The zero-order valence-corrected chi connectivity index (χ0v) is 13.2. The van der Waals surface area contributed by atoms with Crippen molar-refractivity contribution in [3.8, 4) is 6.07 Å². The lowest BCUT2D eigenvalue weighted by Crippen LogP contribution is -2.35. The molecule has 122 valence electrons. The summed E-state index contributed by atoms with van der Waals surface area (Å²) in [6.45, 7) is 3.81. The largest absolute Gasteiger partial charge is 0.371 e. The molecule has 7 heteroatoms. The molecule has 0 aliphatic carbocycles. The van der Waals surface area contributed by atoms with Crippen LogP contribution in [0.1, 0.15) is 36.5 Å². The molecule has 1 aromatic carbocycles. The Labute approximate surface area is 135 Å². The van der Waals surface area contributed by atoms with Crippen LogP contribution in [0, 0.1) is 21.4 Å². The third-order valence-electron chi connectivity index (χ3n) is 4.05. The summed E-state index contributed by atoms with van der Waals surface area (Å²) in [6.07, 6.45) is 3.24. The van der Waals surface area contributed by atoms with E-state index in [2.05, 4.69) is 4.90 Å². The van der Waals surface area contributed by atoms with E-state index < -0.39 is 4.92 Å². The number of carbonyl (C=O) groups excluding carboxylic acids is 1. The van der Waals surface area contributed by atoms with Crippen LogP contribution in [-0.2, 0) is 0 Å². The van der Waals surface area contributed by atoms with Crippen molar-refractivity contribution < 1.29 is 9.72 Å². The fourth-order valence-electron chi connectivity index (χ4n) is 2.80. The van der Waals surface area contributed by atoms with Gasteiger partial charge in [-0.3, -0.25) is 14.9 Å². The van der Waals surface area contributed by atoms with E-state index in [1.807, 2.05) is 6.07 Å². The number of benzene rings is 1. The van der Waals surface area contributed by atoms with Crippen LogP contribution >= 0.6 is 0 Å². The number of non-ortho nitro benzene ring substituents is 1. The van der Waals surface area contributed by atoms with Crippen molar-refractivity contribution in [2.45, 2.75) is 26.2 Å². The number of carbonyl (C=O) groups is 1. The second-order valence-corrected chi connectivity index (χ2v) is 5.48. The maximum Gasteiger partial charge on any atom is 0.270 e.